The molecule has 3 aromatic heterocycles. The van der Waals surface area contributed by atoms with Gasteiger partial charge in [0.15, 0.2) is 39.4 Å². The molecule has 0 radical (unpaired) electrons. The smallest absolute Gasteiger partial charge is 0.179 e. The average Bonchev–Trinajstić information content (AvgIpc) is 1.32. The Labute approximate surface area is 543 Å². The highest BCUT2D eigenvalue weighted by atomic mass is 28.3. The van der Waals surface area contributed by atoms with Gasteiger partial charge >= 0.3 is 0 Å². The van der Waals surface area contributed by atoms with E-state index < -0.39 is 16.1 Å². The zero-order valence-corrected chi connectivity index (χ0v) is 52.8. The lowest BCUT2D eigenvalue weighted by Crippen LogP contribution is -2.74. The Morgan fingerprint density at radius 3 is 0.882 bits per heavy atom. The summed E-state index contributed by atoms with van der Waals surface area (Å²) in [7, 11) is -5.78. The third-order valence-corrected chi connectivity index (χ3v) is 27.7. The molecule has 0 aliphatic heterocycles. The first-order chi connectivity index (χ1) is 46.1. The van der Waals surface area contributed by atoms with E-state index in [0.717, 1.165) is 72.3 Å². The third kappa shape index (κ3) is 10.3. The van der Waals surface area contributed by atoms with E-state index in [9.17, 15) is 0 Å². The summed E-state index contributed by atoms with van der Waals surface area (Å²) in [4.78, 5) is 27.1. The molecule has 93 heavy (non-hydrogen) atoms. The van der Waals surface area contributed by atoms with Crippen LogP contribution in [0.4, 0.5) is 0 Å². The normalized spacial score (nSPS) is 11.7. The first kappa shape index (κ1) is 56.4. The van der Waals surface area contributed by atoms with Crippen LogP contribution in [-0.4, -0.2) is 45.6 Å². The number of aromatic nitrogens is 6. The number of fused-ring (bicyclic) bond motifs is 3. The molecule has 0 atom stereocenters. The number of hydrogen-bond donors (Lipinski definition) is 0. The van der Waals surface area contributed by atoms with Gasteiger partial charge in [0.05, 0.1) is 16.7 Å². The van der Waals surface area contributed by atoms with E-state index in [2.05, 4.69) is 350 Å². The van der Waals surface area contributed by atoms with Gasteiger partial charge < -0.3 is 0 Å². The first-order valence-corrected chi connectivity index (χ1v) is 35.5. The zero-order valence-electron chi connectivity index (χ0n) is 50.8. The highest BCUT2D eigenvalue weighted by Gasteiger charge is 2.43. The van der Waals surface area contributed by atoms with E-state index in [-0.39, 0.29) is 0 Å². The van der Waals surface area contributed by atoms with Crippen LogP contribution in [0.15, 0.2) is 364 Å². The molecule has 16 rings (SSSR count). The van der Waals surface area contributed by atoms with E-state index in [0.29, 0.717) is 23.3 Å². The van der Waals surface area contributed by atoms with Crippen molar-refractivity contribution in [2.45, 2.75) is 0 Å². The fourth-order valence-electron chi connectivity index (χ4n) is 14.0. The molecule has 0 saturated carbocycles. The summed E-state index contributed by atoms with van der Waals surface area (Å²) >= 11 is 0. The largest absolute Gasteiger partial charge is 0.294 e. The third-order valence-electron chi connectivity index (χ3n) is 18.2. The van der Waals surface area contributed by atoms with E-state index in [4.69, 9.17) is 24.9 Å². The number of hydrogen-bond acceptors (Lipinski definition) is 5. The lowest BCUT2D eigenvalue weighted by molar-refractivity contribution is 1.05. The summed E-state index contributed by atoms with van der Waals surface area (Å²) < 4.78 is 2.30. The van der Waals surface area contributed by atoms with Crippen molar-refractivity contribution in [2.75, 3.05) is 0 Å². The van der Waals surface area contributed by atoms with Gasteiger partial charge in [0.1, 0.15) is 5.82 Å². The van der Waals surface area contributed by atoms with E-state index in [1.54, 1.807) is 0 Å². The Hall–Kier alpha value is -11.8. The second-order valence-corrected chi connectivity index (χ2v) is 31.1. The second-order valence-electron chi connectivity index (χ2n) is 23.5. The van der Waals surface area contributed by atoms with Crippen LogP contribution in [0.2, 0.25) is 0 Å². The number of rotatable bonds is 15. The molecular weight excluding hydrogens is 1160 g/mol. The molecule has 0 amide bonds. The minimum atomic E-state index is -2.90. The fraction of sp³-hybridized carbons (Fsp3) is 0. The minimum absolute atomic E-state index is 0.577. The van der Waals surface area contributed by atoms with Gasteiger partial charge in [-0.25, -0.2) is 24.9 Å². The second kappa shape index (κ2) is 24.5. The van der Waals surface area contributed by atoms with Crippen molar-refractivity contribution in [3.63, 3.8) is 0 Å². The van der Waals surface area contributed by atoms with Crippen LogP contribution in [0.1, 0.15) is 0 Å². The topological polar surface area (TPSA) is 69.4 Å². The van der Waals surface area contributed by atoms with E-state index >= 15 is 0 Å². The lowest BCUT2D eigenvalue weighted by Gasteiger charge is -2.34. The first-order valence-electron chi connectivity index (χ1n) is 31.5. The van der Waals surface area contributed by atoms with Gasteiger partial charge in [0.25, 0.3) is 0 Å². The Balaban J connectivity index is 0.835. The SMILES string of the molecule is c1ccc(-c2nc(-c3cccc(-c4cccc(-c5nc(-c6cccc([Si](c7ccccc7)(c7ccccc7)c7ccccc7)c6)cc(-n6c7ccccc7c7ccccc76)n5)c4)c3)nc(-c3cccc([Si](c4ccccc4)(c4ccccc4)c4ccccc4)c3)n2)cc1. The molecule has 0 bridgehead atoms. The predicted molar refractivity (Wildman–Crippen MR) is 390 cm³/mol. The van der Waals surface area contributed by atoms with E-state index in [1.165, 1.54) is 41.5 Å². The van der Waals surface area contributed by atoms with Gasteiger partial charge in [0, 0.05) is 44.7 Å². The molecule has 0 unspecified atom stereocenters. The van der Waals surface area contributed by atoms with Crippen LogP contribution in [-0.2, 0) is 0 Å². The molecule has 0 saturated heterocycles. The Bertz CT molecular complexity index is 5080. The maximum atomic E-state index is 5.60. The van der Waals surface area contributed by atoms with E-state index in [1.807, 2.05) is 18.2 Å². The van der Waals surface area contributed by atoms with Crippen molar-refractivity contribution in [1.29, 1.82) is 0 Å². The Kier molecular flexibility index (Phi) is 14.9. The standard InChI is InChI=1S/C85H60N6Si2/c1-8-30-61(31-9-1)82-88-84(90-85(89-82)67-37-29-51-75(59-67)93(71-44-16-5-17-45-71,72-46-18-6-19-47-72)73-48-20-7-21-49-73)66-36-27-33-63(57-66)62-32-26-35-65(56-62)83-86-78(60-81(87-83)91-79-54-24-22-52-76(79)77-53-23-25-55-80(77)91)64-34-28-50-74(58-64)92(68-38-10-2-11-39-68,69-40-12-3-13-41-69)70-42-14-4-15-43-70/h1-60H. The van der Waals surface area contributed by atoms with Gasteiger partial charge in [-0.05, 0) is 76.9 Å². The maximum absolute atomic E-state index is 5.60. The Morgan fingerprint density at radius 1 is 0.194 bits per heavy atom. The van der Waals surface area contributed by atoms with Gasteiger partial charge in [-0.2, -0.15) is 0 Å². The van der Waals surface area contributed by atoms with Gasteiger partial charge in [-0.1, -0.05) is 334 Å². The fourth-order valence-corrected chi connectivity index (χ4v) is 23.5. The Morgan fingerprint density at radius 2 is 0.473 bits per heavy atom. The summed E-state index contributed by atoms with van der Waals surface area (Å²) in [5.41, 5.74) is 9.54. The molecule has 0 N–H and O–H groups in total. The average molecular weight is 1220 g/mol. The summed E-state index contributed by atoms with van der Waals surface area (Å²) in [6.07, 6.45) is 0. The summed E-state index contributed by atoms with van der Waals surface area (Å²) in [6.45, 7) is 0. The highest BCUT2D eigenvalue weighted by molar-refractivity contribution is 7.20. The molecule has 0 spiro atoms. The number of nitrogens with zero attached hydrogens (tertiary/aromatic N) is 6. The number of para-hydroxylation sites is 2. The van der Waals surface area contributed by atoms with Crippen molar-refractivity contribution in [3.8, 4) is 73.8 Å². The molecule has 8 heteroatoms. The summed E-state index contributed by atoms with van der Waals surface area (Å²) in [6, 6.07) is 131. The maximum Gasteiger partial charge on any atom is 0.179 e. The summed E-state index contributed by atoms with van der Waals surface area (Å²) in [5.74, 6) is 3.16. The molecule has 6 nitrogen and oxygen atoms in total. The van der Waals surface area contributed by atoms with Crippen molar-refractivity contribution in [1.82, 2.24) is 29.5 Å². The van der Waals surface area contributed by atoms with Gasteiger partial charge in [-0.15, -0.1) is 0 Å². The van der Waals surface area contributed by atoms with Crippen LogP contribution >= 0.6 is 0 Å². The molecule has 0 fully saturated rings. The lowest BCUT2D eigenvalue weighted by atomic mass is 10.0. The van der Waals surface area contributed by atoms with Crippen molar-refractivity contribution >= 4 is 79.4 Å². The highest BCUT2D eigenvalue weighted by Crippen LogP contribution is 2.35. The van der Waals surface area contributed by atoms with Crippen LogP contribution in [0, 0.1) is 0 Å². The van der Waals surface area contributed by atoms with Crippen LogP contribution in [0.5, 0.6) is 0 Å². The minimum Gasteiger partial charge on any atom is -0.294 e. The van der Waals surface area contributed by atoms with Crippen LogP contribution in [0.25, 0.3) is 95.6 Å². The van der Waals surface area contributed by atoms with Gasteiger partial charge in [-0.3, -0.25) is 4.57 Å². The van der Waals surface area contributed by atoms with Gasteiger partial charge in [0.2, 0.25) is 0 Å². The van der Waals surface area contributed by atoms with Crippen molar-refractivity contribution in [2.24, 2.45) is 0 Å². The summed E-state index contributed by atoms with van der Waals surface area (Å²) in [5, 5.41) is 12.6. The molecule has 0 aliphatic rings. The molecule has 13 aromatic carbocycles. The van der Waals surface area contributed by atoms with Crippen molar-refractivity contribution in [3.05, 3.63) is 364 Å². The number of benzene rings is 13. The van der Waals surface area contributed by atoms with Crippen molar-refractivity contribution < 1.29 is 0 Å². The quantitative estimate of drug-likeness (QED) is 0.0756. The molecule has 438 valence electrons. The molecule has 3 heterocycles. The predicted octanol–water partition coefficient (Wildman–Crippen LogP) is 14.5. The molecular formula is C85H60N6Si2. The zero-order chi connectivity index (χ0) is 62.0. The van der Waals surface area contributed by atoms with Crippen LogP contribution in [0.3, 0.4) is 0 Å². The monoisotopic (exact) mass is 1220 g/mol. The molecule has 0 aliphatic carbocycles. The van der Waals surface area contributed by atoms with Crippen LogP contribution < -0.4 is 41.5 Å². The molecule has 16 aromatic rings.